The number of rotatable bonds is 5. The zero-order valence-corrected chi connectivity index (χ0v) is 18.4. The topological polar surface area (TPSA) is 51.2 Å². The molecule has 5 aromatic rings. The molecule has 2 heterocycles. The smallest absolute Gasteiger partial charge is 0.256 e. The monoisotopic (exact) mass is 456 g/mol. The number of carbonyl (C=O) groups is 1. The van der Waals surface area contributed by atoms with Crippen molar-refractivity contribution in [2.24, 2.45) is 0 Å². The number of nitrogens with one attached hydrogen (secondary N) is 1. The van der Waals surface area contributed by atoms with E-state index >= 15 is 0 Å². The van der Waals surface area contributed by atoms with Crippen LogP contribution in [0.4, 0.5) is 5.69 Å². The molecule has 0 saturated heterocycles. The van der Waals surface area contributed by atoms with Crippen LogP contribution in [0.3, 0.4) is 0 Å². The van der Waals surface area contributed by atoms with E-state index in [1.54, 1.807) is 0 Å². The molecule has 0 unspecified atom stereocenters. The Bertz CT molecular complexity index is 1400. The Kier molecular flexibility index (Phi) is 5.58. The van der Waals surface area contributed by atoms with Crippen LogP contribution in [0.2, 0.25) is 4.34 Å². The van der Waals surface area contributed by atoms with Crippen LogP contribution in [0.1, 0.15) is 10.4 Å². The fraction of sp³-hybridized carbons (Fsp3) is 0. The summed E-state index contributed by atoms with van der Waals surface area (Å²) in [7, 11) is 0. The normalized spacial score (nSPS) is 10.8. The van der Waals surface area contributed by atoms with Gasteiger partial charge in [0.1, 0.15) is 11.5 Å². The van der Waals surface area contributed by atoms with E-state index in [4.69, 9.17) is 21.3 Å². The van der Waals surface area contributed by atoms with Gasteiger partial charge in [-0.15, -0.1) is 11.3 Å². The number of benzene rings is 3. The summed E-state index contributed by atoms with van der Waals surface area (Å²) in [6.07, 6.45) is 0. The second kappa shape index (κ2) is 8.83. The van der Waals surface area contributed by atoms with E-state index in [9.17, 15) is 4.79 Å². The number of amides is 1. The Labute approximate surface area is 194 Å². The number of pyridine rings is 1. The number of thiophene rings is 1. The second-order valence-electron chi connectivity index (χ2n) is 7.07. The van der Waals surface area contributed by atoms with E-state index in [1.807, 2.05) is 97.1 Å². The number of hydrogen-bond acceptors (Lipinski definition) is 4. The first-order chi connectivity index (χ1) is 15.7. The Morgan fingerprint density at radius 3 is 2.31 bits per heavy atom. The minimum absolute atomic E-state index is 0.204. The molecule has 6 heteroatoms. The Balaban J connectivity index is 1.42. The summed E-state index contributed by atoms with van der Waals surface area (Å²) in [5.74, 6) is 1.25. The van der Waals surface area contributed by atoms with Gasteiger partial charge in [-0.3, -0.25) is 4.79 Å². The maximum Gasteiger partial charge on any atom is 0.256 e. The van der Waals surface area contributed by atoms with E-state index in [2.05, 4.69) is 5.32 Å². The Hall–Kier alpha value is -3.67. The quantitative estimate of drug-likeness (QED) is 0.295. The Morgan fingerprint density at radius 2 is 1.56 bits per heavy atom. The molecule has 156 valence electrons. The van der Waals surface area contributed by atoms with E-state index in [0.29, 0.717) is 21.3 Å². The molecular weight excluding hydrogens is 440 g/mol. The van der Waals surface area contributed by atoms with Gasteiger partial charge in [0.15, 0.2) is 0 Å². The second-order valence-corrected chi connectivity index (χ2v) is 8.78. The molecule has 4 nitrogen and oxygen atoms in total. The van der Waals surface area contributed by atoms with Crippen LogP contribution in [-0.4, -0.2) is 10.9 Å². The molecule has 0 fully saturated rings. The molecule has 2 aromatic heterocycles. The van der Waals surface area contributed by atoms with Crippen LogP contribution in [-0.2, 0) is 0 Å². The molecule has 0 atom stereocenters. The molecule has 0 saturated carbocycles. The molecule has 3 aromatic carbocycles. The van der Waals surface area contributed by atoms with Gasteiger partial charge < -0.3 is 10.1 Å². The van der Waals surface area contributed by atoms with E-state index < -0.39 is 0 Å². The lowest BCUT2D eigenvalue weighted by atomic mass is 10.1. The van der Waals surface area contributed by atoms with Crippen molar-refractivity contribution in [2.45, 2.75) is 0 Å². The fourth-order valence-corrected chi connectivity index (χ4v) is 4.37. The molecule has 0 spiro atoms. The van der Waals surface area contributed by atoms with Crippen LogP contribution in [0, 0.1) is 0 Å². The number of nitrogens with zero attached hydrogens (tertiary/aromatic N) is 1. The number of carbonyl (C=O) groups excluding carboxylic acids is 1. The van der Waals surface area contributed by atoms with Crippen molar-refractivity contribution in [1.29, 1.82) is 0 Å². The number of fused-ring (bicyclic) bond motifs is 1. The standard InChI is InChI=1S/C26H17ClN2O2S/c27-25-15-14-24(32-25)23-16-21(20-8-4-5-9-22(20)29-23)26(30)28-17-10-12-19(13-11-17)31-18-6-2-1-3-7-18/h1-16H,(H,28,30). The lowest BCUT2D eigenvalue weighted by Crippen LogP contribution is -2.13. The van der Waals surface area contributed by atoms with Crippen molar-refractivity contribution in [3.8, 4) is 22.1 Å². The van der Waals surface area contributed by atoms with Gasteiger partial charge in [0.2, 0.25) is 0 Å². The highest BCUT2D eigenvalue weighted by Gasteiger charge is 2.15. The van der Waals surface area contributed by atoms with Crippen molar-refractivity contribution in [1.82, 2.24) is 4.98 Å². The highest BCUT2D eigenvalue weighted by atomic mass is 35.5. The summed E-state index contributed by atoms with van der Waals surface area (Å²) in [6, 6.07) is 30.0. The predicted octanol–water partition coefficient (Wildman–Crippen LogP) is 7.66. The number of ether oxygens (including phenoxy) is 1. The summed E-state index contributed by atoms with van der Waals surface area (Å²) in [5, 5.41) is 3.77. The molecule has 0 aliphatic rings. The first kappa shape index (κ1) is 20.2. The van der Waals surface area contributed by atoms with Gasteiger partial charge in [-0.1, -0.05) is 48.0 Å². The largest absolute Gasteiger partial charge is 0.457 e. The lowest BCUT2D eigenvalue weighted by Gasteiger charge is -2.11. The third kappa shape index (κ3) is 4.35. The summed E-state index contributed by atoms with van der Waals surface area (Å²) in [6.45, 7) is 0. The van der Waals surface area contributed by atoms with E-state index in [1.165, 1.54) is 11.3 Å². The molecule has 1 N–H and O–H groups in total. The van der Waals surface area contributed by atoms with Crippen molar-refractivity contribution < 1.29 is 9.53 Å². The molecule has 0 aliphatic heterocycles. The number of aromatic nitrogens is 1. The number of anilines is 1. The van der Waals surface area contributed by atoms with Gasteiger partial charge in [0.25, 0.3) is 5.91 Å². The molecular formula is C26H17ClN2O2S. The lowest BCUT2D eigenvalue weighted by molar-refractivity contribution is 0.102. The summed E-state index contributed by atoms with van der Waals surface area (Å²) in [4.78, 5) is 18.8. The summed E-state index contributed by atoms with van der Waals surface area (Å²) < 4.78 is 6.50. The first-order valence-electron chi connectivity index (χ1n) is 9.95. The van der Waals surface area contributed by atoms with Crippen LogP contribution >= 0.6 is 22.9 Å². The van der Waals surface area contributed by atoms with Gasteiger partial charge in [-0.05, 0) is 60.7 Å². The van der Waals surface area contributed by atoms with Crippen molar-refractivity contribution >= 4 is 45.4 Å². The Morgan fingerprint density at radius 1 is 0.844 bits per heavy atom. The summed E-state index contributed by atoms with van der Waals surface area (Å²) in [5.41, 5.74) is 2.71. The number of para-hydroxylation sites is 2. The highest BCUT2D eigenvalue weighted by Crippen LogP contribution is 2.32. The molecule has 0 aliphatic carbocycles. The van der Waals surface area contributed by atoms with Crippen LogP contribution in [0.15, 0.2) is 97.1 Å². The fourth-order valence-electron chi connectivity index (χ4n) is 3.37. The van der Waals surface area contributed by atoms with Crippen molar-refractivity contribution in [3.63, 3.8) is 0 Å². The third-order valence-corrected chi connectivity index (χ3v) is 6.13. The maximum atomic E-state index is 13.2. The predicted molar refractivity (Wildman–Crippen MR) is 131 cm³/mol. The van der Waals surface area contributed by atoms with Gasteiger partial charge in [0, 0.05) is 11.1 Å². The van der Waals surface area contributed by atoms with Crippen molar-refractivity contribution in [2.75, 3.05) is 5.32 Å². The van der Waals surface area contributed by atoms with Crippen LogP contribution in [0.5, 0.6) is 11.5 Å². The molecule has 32 heavy (non-hydrogen) atoms. The third-order valence-electron chi connectivity index (χ3n) is 4.88. The van der Waals surface area contributed by atoms with Gasteiger partial charge >= 0.3 is 0 Å². The number of halogens is 1. The zero-order valence-electron chi connectivity index (χ0n) is 16.8. The van der Waals surface area contributed by atoms with Gasteiger partial charge in [-0.25, -0.2) is 4.98 Å². The highest BCUT2D eigenvalue weighted by molar-refractivity contribution is 7.19. The SMILES string of the molecule is O=C(Nc1ccc(Oc2ccccc2)cc1)c1cc(-c2ccc(Cl)s2)nc2ccccc12. The van der Waals surface area contributed by atoms with Gasteiger partial charge in [0.05, 0.1) is 26.0 Å². The molecule has 1 amide bonds. The zero-order chi connectivity index (χ0) is 21.9. The van der Waals surface area contributed by atoms with Crippen LogP contribution < -0.4 is 10.1 Å². The first-order valence-corrected chi connectivity index (χ1v) is 11.1. The summed E-state index contributed by atoms with van der Waals surface area (Å²) >= 11 is 7.54. The minimum Gasteiger partial charge on any atom is -0.457 e. The van der Waals surface area contributed by atoms with Crippen molar-refractivity contribution in [3.05, 3.63) is 107 Å². The minimum atomic E-state index is -0.204. The van der Waals surface area contributed by atoms with E-state index in [0.717, 1.165) is 27.2 Å². The molecule has 5 rings (SSSR count). The molecule has 0 radical (unpaired) electrons. The maximum absolute atomic E-state index is 13.2. The molecule has 0 bridgehead atoms. The number of hydrogen-bond donors (Lipinski definition) is 1. The average Bonchev–Trinajstić information content (AvgIpc) is 3.26. The van der Waals surface area contributed by atoms with Gasteiger partial charge in [-0.2, -0.15) is 0 Å². The average molecular weight is 457 g/mol. The van der Waals surface area contributed by atoms with E-state index in [-0.39, 0.29) is 5.91 Å². The van der Waals surface area contributed by atoms with Crippen LogP contribution in [0.25, 0.3) is 21.5 Å².